The van der Waals surface area contributed by atoms with Crippen molar-refractivity contribution in [2.45, 2.75) is 110 Å². The zero-order valence-electron chi connectivity index (χ0n) is 18.5. The second-order valence-electron chi connectivity index (χ2n) is 8.39. The van der Waals surface area contributed by atoms with Gasteiger partial charge in [-0.25, -0.2) is 0 Å². The molecule has 0 bridgehead atoms. The number of allylic oxidation sites excluding steroid dienone is 1. The van der Waals surface area contributed by atoms with Crippen molar-refractivity contribution >= 4 is 11.5 Å². The molecule has 3 heteroatoms. The van der Waals surface area contributed by atoms with Crippen LogP contribution in [0.4, 0.5) is 0 Å². The van der Waals surface area contributed by atoms with Gasteiger partial charge in [-0.3, -0.25) is 4.79 Å². The Morgan fingerprint density at radius 3 is 1.62 bits per heavy atom. The molecule has 1 amide bonds. The molecule has 0 radical (unpaired) electrons. The summed E-state index contributed by atoms with van der Waals surface area (Å²) >= 11 is 0. The average molecular weight is 397 g/mol. The number of amides is 1. The fourth-order valence-corrected chi connectivity index (χ4v) is 4.06. The average Bonchev–Trinajstić information content (AvgIpc) is 3.11. The van der Waals surface area contributed by atoms with Crippen LogP contribution in [-0.2, 0) is 4.79 Å². The largest absolute Gasteiger partial charge is 0.297 e. The van der Waals surface area contributed by atoms with Gasteiger partial charge in [-0.05, 0) is 18.4 Å². The van der Waals surface area contributed by atoms with Gasteiger partial charge < -0.3 is 0 Å². The summed E-state index contributed by atoms with van der Waals surface area (Å²) in [5, 5.41) is 7.91. The fraction of sp³-hybridized carbons (Fsp3) is 0.654. The number of nitrogens with zero attached hydrogens (tertiary/aromatic N) is 2. The lowest BCUT2D eigenvalue weighted by molar-refractivity contribution is -0.112. The van der Waals surface area contributed by atoms with Crippen LogP contribution in [0.25, 0.3) is 5.57 Å². The van der Waals surface area contributed by atoms with E-state index in [4.69, 9.17) is 0 Å². The number of hydrogen-bond donors (Lipinski definition) is 0. The van der Waals surface area contributed by atoms with E-state index in [0.717, 1.165) is 24.1 Å². The Morgan fingerprint density at radius 2 is 1.10 bits per heavy atom. The van der Waals surface area contributed by atoms with Crippen molar-refractivity contribution in [1.82, 2.24) is 0 Å². The molecule has 0 fully saturated rings. The Hall–Kier alpha value is -1.77. The maximum absolute atomic E-state index is 12.0. The Balaban J connectivity index is 1.46. The van der Waals surface area contributed by atoms with Gasteiger partial charge in [0.2, 0.25) is 0 Å². The van der Waals surface area contributed by atoms with Crippen molar-refractivity contribution in [1.29, 1.82) is 0 Å². The molecule has 0 saturated heterocycles. The minimum atomic E-state index is -0.188. The molecule has 0 aromatic heterocycles. The minimum absolute atomic E-state index is 0.188. The van der Waals surface area contributed by atoms with E-state index in [-0.39, 0.29) is 5.91 Å². The van der Waals surface area contributed by atoms with Crippen LogP contribution in [0, 0.1) is 0 Å². The molecular weight excluding hydrogens is 356 g/mol. The topological polar surface area (TPSA) is 41.8 Å². The molecule has 1 aromatic rings. The van der Waals surface area contributed by atoms with E-state index in [1.807, 2.05) is 30.3 Å². The van der Waals surface area contributed by atoms with E-state index in [1.165, 1.54) is 89.9 Å². The number of carbonyl (C=O) groups excluding carboxylic acids is 1. The van der Waals surface area contributed by atoms with Crippen LogP contribution in [-0.4, -0.2) is 5.91 Å². The van der Waals surface area contributed by atoms with Gasteiger partial charge in [0.05, 0.1) is 11.3 Å². The third kappa shape index (κ3) is 9.51. The highest BCUT2D eigenvalue weighted by Crippen LogP contribution is 2.30. The zero-order chi connectivity index (χ0) is 20.6. The number of unbranched alkanes of at least 4 members (excludes halogenated alkanes) is 14. The summed E-state index contributed by atoms with van der Waals surface area (Å²) in [6, 6.07) is 9.82. The molecule has 160 valence electrons. The van der Waals surface area contributed by atoms with E-state index in [0.29, 0.717) is 5.57 Å². The van der Waals surface area contributed by atoms with Gasteiger partial charge >= 0.3 is 0 Å². The highest BCUT2D eigenvalue weighted by molar-refractivity contribution is 6.22. The summed E-state index contributed by atoms with van der Waals surface area (Å²) in [5.41, 5.74) is 2.52. The monoisotopic (exact) mass is 396 g/mol. The number of carbonyl (C=O) groups is 1. The molecule has 0 aliphatic carbocycles. The van der Waals surface area contributed by atoms with Gasteiger partial charge in [-0.15, -0.1) is 5.11 Å². The van der Waals surface area contributed by atoms with E-state index in [9.17, 15) is 4.79 Å². The second kappa shape index (κ2) is 15.1. The van der Waals surface area contributed by atoms with Crippen LogP contribution >= 0.6 is 0 Å². The maximum atomic E-state index is 12.0. The van der Waals surface area contributed by atoms with Crippen molar-refractivity contribution in [3.05, 3.63) is 41.6 Å². The standard InChI is InChI=1S/C26H40N2O/c1-2-3-4-5-6-7-8-9-10-11-12-13-14-15-19-22-24-25(26(29)28-27-24)23-20-17-16-18-21-23/h16-18,20-21H,2-15,19,22H2,1H3. The smallest absolute Gasteiger partial charge is 0.265 e. The number of azo groups is 1. The molecule has 1 aliphatic heterocycles. The van der Waals surface area contributed by atoms with Crippen LogP contribution in [0.1, 0.15) is 115 Å². The second-order valence-corrected chi connectivity index (χ2v) is 8.39. The first-order valence-corrected chi connectivity index (χ1v) is 12.1. The van der Waals surface area contributed by atoms with Crippen LogP contribution in [0.5, 0.6) is 0 Å². The SMILES string of the molecule is CCCCCCCCCCCCCCCCCC1=C(c2ccccc2)C(=O)N=N1. The van der Waals surface area contributed by atoms with Gasteiger partial charge in [0, 0.05) is 0 Å². The normalized spacial score (nSPS) is 13.6. The van der Waals surface area contributed by atoms with E-state index < -0.39 is 0 Å². The van der Waals surface area contributed by atoms with Crippen LogP contribution in [0.2, 0.25) is 0 Å². The predicted molar refractivity (Wildman–Crippen MR) is 123 cm³/mol. The zero-order valence-corrected chi connectivity index (χ0v) is 18.5. The first-order chi connectivity index (χ1) is 14.3. The summed E-state index contributed by atoms with van der Waals surface area (Å²) in [5.74, 6) is -0.188. The lowest BCUT2D eigenvalue weighted by atomic mass is 10.00. The Morgan fingerprint density at radius 1 is 0.621 bits per heavy atom. The highest BCUT2D eigenvalue weighted by atomic mass is 16.2. The summed E-state index contributed by atoms with van der Waals surface area (Å²) in [6.45, 7) is 2.28. The van der Waals surface area contributed by atoms with Gasteiger partial charge in [0.25, 0.3) is 5.91 Å². The molecule has 29 heavy (non-hydrogen) atoms. The number of hydrogen-bond acceptors (Lipinski definition) is 2. The molecule has 1 heterocycles. The fourth-order valence-electron chi connectivity index (χ4n) is 4.06. The van der Waals surface area contributed by atoms with Gasteiger partial charge in [-0.2, -0.15) is 5.11 Å². The molecule has 3 nitrogen and oxygen atoms in total. The van der Waals surface area contributed by atoms with E-state index >= 15 is 0 Å². The summed E-state index contributed by atoms with van der Waals surface area (Å²) in [7, 11) is 0. The lowest BCUT2D eigenvalue weighted by Gasteiger charge is -2.05. The van der Waals surface area contributed by atoms with Gasteiger partial charge in [0.15, 0.2) is 0 Å². The van der Waals surface area contributed by atoms with Crippen molar-refractivity contribution in [2.75, 3.05) is 0 Å². The van der Waals surface area contributed by atoms with Crippen molar-refractivity contribution < 1.29 is 4.79 Å². The quantitative estimate of drug-likeness (QED) is 0.243. The predicted octanol–water partition coefficient (Wildman–Crippen LogP) is 8.65. The molecule has 0 saturated carbocycles. The summed E-state index contributed by atoms with van der Waals surface area (Å²) in [6.07, 6.45) is 21.3. The first-order valence-electron chi connectivity index (χ1n) is 12.1. The van der Waals surface area contributed by atoms with Crippen LogP contribution < -0.4 is 0 Å². The molecular formula is C26H40N2O. The van der Waals surface area contributed by atoms with Crippen molar-refractivity contribution in [3.8, 4) is 0 Å². The van der Waals surface area contributed by atoms with Crippen molar-refractivity contribution in [2.24, 2.45) is 10.2 Å². The highest BCUT2D eigenvalue weighted by Gasteiger charge is 2.22. The minimum Gasteiger partial charge on any atom is -0.265 e. The van der Waals surface area contributed by atoms with E-state index in [2.05, 4.69) is 17.2 Å². The number of benzene rings is 1. The van der Waals surface area contributed by atoms with Gasteiger partial charge in [0.1, 0.15) is 0 Å². The van der Waals surface area contributed by atoms with Crippen molar-refractivity contribution in [3.63, 3.8) is 0 Å². The Kier molecular flexibility index (Phi) is 12.3. The number of rotatable bonds is 17. The molecule has 1 aliphatic rings. The summed E-state index contributed by atoms with van der Waals surface area (Å²) in [4.78, 5) is 12.0. The molecule has 0 atom stereocenters. The molecule has 0 unspecified atom stereocenters. The van der Waals surface area contributed by atoms with Gasteiger partial charge in [-0.1, -0.05) is 127 Å². The van der Waals surface area contributed by atoms with E-state index in [1.54, 1.807) is 0 Å². The maximum Gasteiger partial charge on any atom is 0.297 e. The van der Waals surface area contributed by atoms with Crippen LogP contribution in [0.15, 0.2) is 46.3 Å². The Bertz CT molecular complexity index is 633. The molecule has 1 aromatic carbocycles. The third-order valence-corrected chi connectivity index (χ3v) is 5.84. The first kappa shape index (κ1) is 23.5. The molecule has 0 N–H and O–H groups in total. The Labute approximate surface area is 178 Å². The summed E-state index contributed by atoms with van der Waals surface area (Å²) < 4.78 is 0. The lowest BCUT2D eigenvalue weighted by Crippen LogP contribution is -1.96. The molecule has 0 spiro atoms. The third-order valence-electron chi connectivity index (χ3n) is 5.84. The molecule has 2 rings (SSSR count). The van der Waals surface area contributed by atoms with Crippen LogP contribution in [0.3, 0.4) is 0 Å².